The average Bonchev–Trinajstić information content (AvgIpc) is 2.70. The van der Waals surface area contributed by atoms with Crippen LogP contribution in [0.15, 0.2) is 42.5 Å². The molecule has 1 amide bonds. The van der Waals surface area contributed by atoms with Crippen molar-refractivity contribution in [2.45, 2.75) is 32.5 Å². The number of fused-ring (bicyclic) bond motifs is 1. The lowest BCUT2D eigenvalue weighted by molar-refractivity contribution is -0.125. The largest absolute Gasteiger partial charge is 0.493 e. The van der Waals surface area contributed by atoms with E-state index in [4.69, 9.17) is 9.47 Å². The molecule has 1 aliphatic heterocycles. The van der Waals surface area contributed by atoms with Crippen molar-refractivity contribution in [2.24, 2.45) is 0 Å². The first kappa shape index (κ1) is 21.1. The third kappa shape index (κ3) is 4.89. The van der Waals surface area contributed by atoms with Crippen LogP contribution in [-0.2, 0) is 34.3 Å². The summed E-state index contributed by atoms with van der Waals surface area (Å²) in [5, 5.41) is 2.87. The minimum absolute atomic E-state index is 0.199. The number of amides is 1. The van der Waals surface area contributed by atoms with Gasteiger partial charge in [0.05, 0.1) is 20.0 Å². The Labute approximate surface area is 171 Å². The summed E-state index contributed by atoms with van der Waals surface area (Å²) in [5.41, 5.74) is 2.76. The van der Waals surface area contributed by atoms with Gasteiger partial charge in [0.2, 0.25) is 15.9 Å². The van der Waals surface area contributed by atoms with Crippen molar-refractivity contribution in [3.63, 3.8) is 0 Å². The van der Waals surface area contributed by atoms with Crippen molar-refractivity contribution in [3.05, 3.63) is 59.2 Å². The summed E-state index contributed by atoms with van der Waals surface area (Å²) in [6.45, 7) is 2.84. The maximum atomic E-state index is 12.9. The Bertz CT molecular complexity index is 990. The first-order valence-electron chi connectivity index (χ1n) is 9.44. The Morgan fingerprint density at radius 1 is 1.17 bits per heavy atom. The third-order valence-electron chi connectivity index (χ3n) is 4.93. The summed E-state index contributed by atoms with van der Waals surface area (Å²) in [6, 6.07) is 12.3. The van der Waals surface area contributed by atoms with Crippen LogP contribution in [0.3, 0.4) is 0 Å². The maximum Gasteiger partial charge on any atom is 0.239 e. The lowest BCUT2D eigenvalue weighted by Gasteiger charge is -2.34. The van der Waals surface area contributed by atoms with E-state index in [1.165, 1.54) is 4.31 Å². The number of rotatable bonds is 7. The predicted molar refractivity (Wildman–Crippen MR) is 110 cm³/mol. The summed E-state index contributed by atoms with van der Waals surface area (Å²) in [6.07, 6.45) is 1.49. The lowest BCUT2D eigenvalue weighted by Crippen LogP contribution is -2.52. The second kappa shape index (κ2) is 8.84. The number of methoxy groups -OCH3 is 1. The molecular weight excluding hydrogens is 392 g/mol. The summed E-state index contributed by atoms with van der Waals surface area (Å²) in [4.78, 5) is 12.9. The Morgan fingerprint density at radius 2 is 1.90 bits per heavy atom. The molecule has 0 spiro atoms. The van der Waals surface area contributed by atoms with E-state index in [0.717, 1.165) is 22.9 Å². The number of carbonyl (C=O) groups is 1. The van der Waals surface area contributed by atoms with Gasteiger partial charge >= 0.3 is 0 Å². The monoisotopic (exact) mass is 418 g/mol. The van der Waals surface area contributed by atoms with Gasteiger partial charge in [-0.25, -0.2) is 8.42 Å². The second-order valence-corrected chi connectivity index (χ2v) is 8.87. The van der Waals surface area contributed by atoms with Crippen molar-refractivity contribution in [1.82, 2.24) is 9.62 Å². The van der Waals surface area contributed by atoms with Crippen LogP contribution in [0.5, 0.6) is 11.5 Å². The molecule has 3 rings (SSSR count). The molecule has 2 aromatic rings. The molecule has 1 N–H and O–H groups in total. The summed E-state index contributed by atoms with van der Waals surface area (Å²) in [5.74, 6) is 0.902. The molecule has 1 heterocycles. The smallest absolute Gasteiger partial charge is 0.239 e. The van der Waals surface area contributed by atoms with Gasteiger partial charge in [-0.05, 0) is 42.2 Å². The molecule has 1 unspecified atom stereocenters. The Balaban J connectivity index is 1.76. The van der Waals surface area contributed by atoms with Crippen molar-refractivity contribution in [1.29, 1.82) is 0 Å². The van der Waals surface area contributed by atoms with Gasteiger partial charge in [0, 0.05) is 13.1 Å². The number of benzene rings is 2. The SMILES string of the molecule is CCOc1cc(CNC(=O)C2Cc3ccccc3CN2S(C)(=O)=O)ccc1OC. The van der Waals surface area contributed by atoms with Gasteiger partial charge in [0.25, 0.3) is 0 Å². The van der Waals surface area contributed by atoms with Crippen LogP contribution in [-0.4, -0.2) is 44.6 Å². The minimum atomic E-state index is -3.53. The number of nitrogens with one attached hydrogen (secondary N) is 1. The van der Waals surface area contributed by atoms with E-state index in [-0.39, 0.29) is 19.0 Å². The van der Waals surface area contributed by atoms with E-state index in [9.17, 15) is 13.2 Å². The second-order valence-electron chi connectivity index (χ2n) is 6.93. The van der Waals surface area contributed by atoms with Crippen LogP contribution in [0.4, 0.5) is 0 Å². The van der Waals surface area contributed by atoms with Crippen molar-refractivity contribution >= 4 is 15.9 Å². The fraction of sp³-hybridized carbons (Fsp3) is 0.381. The Morgan fingerprint density at radius 3 is 2.55 bits per heavy atom. The number of nitrogens with zero attached hydrogens (tertiary/aromatic N) is 1. The van der Waals surface area contributed by atoms with E-state index >= 15 is 0 Å². The fourth-order valence-electron chi connectivity index (χ4n) is 3.48. The molecule has 2 aromatic carbocycles. The Kier molecular flexibility index (Phi) is 6.44. The van der Waals surface area contributed by atoms with Crippen LogP contribution < -0.4 is 14.8 Å². The number of hydrogen-bond acceptors (Lipinski definition) is 5. The van der Waals surface area contributed by atoms with Crippen LogP contribution >= 0.6 is 0 Å². The van der Waals surface area contributed by atoms with Crippen LogP contribution in [0.2, 0.25) is 0 Å². The normalized spacial score (nSPS) is 16.7. The van der Waals surface area contributed by atoms with Crippen molar-refractivity contribution in [3.8, 4) is 11.5 Å². The van der Waals surface area contributed by atoms with Crippen LogP contribution in [0.25, 0.3) is 0 Å². The molecule has 1 atom stereocenters. The number of hydrogen-bond donors (Lipinski definition) is 1. The number of ether oxygens (including phenoxy) is 2. The third-order valence-corrected chi connectivity index (χ3v) is 6.16. The van der Waals surface area contributed by atoms with Gasteiger partial charge in [0.15, 0.2) is 11.5 Å². The Hall–Kier alpha value is -2.58. The number of sulfonamides is 1. The highest BCUT2D eigenvalue weighted by molar-refractivity contribution is 7.88. The highest BCUT2D eigenvalue weighted by Gasteiger charge is 2.36. The fourth-order valence-corrected chi connectivity index (χ4v) is 4.48. The number of carbonyl (C=O) groups excluding carboxylic acids is 1. The summed E-state index contributed by atoms with van der Waals surface area (Å²) in [7, 11) is -1.96. The summed E-state index contributed by atoms with van der Waals surface area (Å²) < 4.78 is 36.7. The molecule has 8 heteroatoms. The summed E-state index contributed by atoms with van der Waals surface area (Å²) >= 11 is 0. The van der Waals surface area contributed by atoms with Crippen LogP contribution in [0, 0.1) is 0 Å². The van der Waals surface area contributed by atoms with E-state index in [1.807, 2.05) is 43.3 Å². The van der Waals surface area contributed by atoms with Gasteiger partial charge in [0.1, 0.15) is 6.04 Å². The zero-order chi connectivity index (χ0) is 21.0. The molecule has 1 aliphatic rings. The zero-order valence-electron chi connectivity index (χ0n) is 16.8. The molecule has 0 aliphatic carbocycles. The quantitative estimate of drug-likeness (QED) is 0.744. The topological polar surface area (TPSA) is 84.9 Å². The minimum Gasteiger partial charge on any atom is -0.493 e. The van der Waals surface area contributed by atoms with E-state index in [2.05, 4.69) is 5.32 Å². The van der Waals surface area contributed by atoms with E-state index in [0.29, 0.717) is 24.5 Å². The first-order valence-corrected chi connectivity index (χ1v) is 11.3. The average molecular weight is 419 g/mol. The van der Waals surface area contributed by atoms with E-state index in [1.54, 1.807) is 13.2 Å². The first-order chi connectivity index (χ1) is 13.8. The molecule has 7 nitrogen and oxygen atoms in total. The molecular formula is C21H26N2O5S. The van der Waals surface area contributed by atoms with Gasteiger partial charge in [-0.3, -0.25) is 4.79 Å². The van der Waals surface area contributed by atoms with Gasteiger partial charge in [-0.15, -0.1) is 0 Å². The van der Waals surface area contributed by atoms with Crippen LogP contribution in [0.1, 0.15) is 23.6 Å². The predicted octanol–water partition coefficient (Wildman–Crippen LogP) is 2.10. The lowest BCUT2D eigenvalue weighted by atomic mass is 9.95. The molecule has 0 saturated carbocycles. The van der Waals surface area contributed by atoms with E-state index < -0.39 is 16.1 Å². The van der Waals surface area contributed by atoms with Crippen molar-refractivity contribution in [2.75, 3.05) is 20.0 Å². The molecule has 29 heavy (non-hydrogen) atoms. The highest BCUT2D eigenvalue weighted by atomic mass is 32.2. The van der Waals surface area contributed by atoms with Gasteiger partial charge in [-0.2, -0.15) is 4.31 Å². The molecule has 0 fully saturated rings. The molecule has 0 aromatic heterocycles. The highest BCUT2D eigenvalue weighted by Crippen LogP contribution is 2.28. The molecule has 0 radical (unpaired) electrons. The van der Waals surface area contributed by atoms with Gasteiger partial charge in [-0.1, -0.05) is 30.3 Å². The zero-order valence-corrected chi connectivity index (χ0v) is 17.7. The standard InChI is InChI=1S/C21H26N2O5S/c1-4-28-20-11-15(9-10-19(20)27-2)13-22-21(24)18-12-16-7-5-6-8-17(16)14-23(18)29(3,25)26/h5-11,18H,4,12-14H2,1-3H3,(H,22,24). The molecule has 0 saturated heterocycles. The molecule has 0 bridgehead atoms. The van der Waals surface area contributed by atoms with Crippen molar-refractivity contribution < 1.29 is 22.7 Å². The maximum absolute atomic E-state index is 12.9. The molecule has 156 valence electrons. The van der Waals surface area contributed by atoms with Gasteiger partial charge < -0.3 is 14.8 Å².